The van der Waals surface area contributed by atoms with Crippen molar-refractivity contribution < 1.29 is 13.2 Å². The van der Waals surface area contributed by atoms with Crippen molar-refractivity contribution in [2.75, 3.05) is 45.2 Å². The highest BCUT2D eigenvalue weighted by molar-refractivity contribution is 7.89. The number of amides is 1. The second kappa shape index (κ2) is 8.81. The third-order valence-corrected chi connectivity index (χ3v) is 7.96. The molecule has 33 heavy (non-hydrogen) atoms. The summed E-state index contributed by atoms with van der Waals surface area (Å²) in [4.78, 5) is 30.3. The van der Waals surface area contributed by atoms with Gasteiger partial charge >= 0.3 is 0 Å². The van der Waals surface area contributed by atoms with Crippen molar-refractivity contribution in [3.05, 3.63) is 69.5 Å². The Bertz CT molecular complexity index is 1390. The summed E-state index contributed by atoms with van der Waals surface area (Å²) in [7, 11) is 0.882. The van der Waals surface area contributed by atoms with Crippen LogP contribution in [-0.2, 0) is 17.1 Å². The van der Waals surface area contributed by atoms with Crippen molar-refractivity contribution in [3.8, 4) is 0 Å². The van der Waals surface area contributed by atoms with Gasteiger partial charge in [0, 0.05) is 69.6 Å². The molecule has 1 aliphatic heterocycles. The number of pyridine rings is 1. The van der Waals surface area contributed by atoms with E-state index in [0.29, 0.717) is 36.7 Å². The Labute approximate surface area is 197 Å². The number of fused-ring (bicyclic) bond motifs is 1. The average molecular weight is 489 g/mol. The number of anilines is 1. The van der Waals surface area contributed by atoms with Gasteiger partial charge in [-0.25, -0.2) is 12.7 Å². The van der Waals surface area contributed by atoms with Crippen LogP contribution in [0.15, 0.2) is 58.4 Å². The number of rotatable bonds is 4. The quantitative estimate of drug-likeness (QED) is 0.563. The Kier molecular flexibility index (Phi) is 6.22. The molecule has 0 atom stereocenters. The molecule has 0 unspecified atom stereocenters. The summed E-state index contributed by atoms with van der Waals surface area (Å²) >= 11 is 6.09. The van der Waals surface area contributed by atoms with Crippen LogP contribution in [0.1, 0.15) is 10.4 Å². The molecule has 0 saturated carbocycles. The van der Waals surface area contributed by atoms with Gasteiger partial charge in [0.15, 0.2) is 0 Å². The van der Waals surface area contributed by atoms with E-state index in [0.717, 1.165) is 9.99 Å². The number of aryl methyl sites for hydroxylation is 1. The van der Waals surface area contributed by atoms with E-state index in [-0.39, 0.29) is 21.8 Å². The monoisotopic (exact) mass is 488 g/mol. The third kappa shape index (κ3) is 4.36. The van der Waals surface area contributed by atoms with Gasteiger partial charge in [-0.2, -0.15) is 0 Å². The van der Waals surface area contributed by atoms with Crippen molar-refractivity contribution in [3.63, 3.8) is 0 Å². The standard InChI is InChI=1S/C23H25ClN4O4S/c1-25(2)33(31,32)18-7-8-21-19(14-18)22(29)20(15-26(21)3)23(30)28-11-9-27(10-12-28)17-6-4-5-16(24)13-17/h4-8,13-15H,9-12H2,1-3H3. The largest absolute Gasteiger partial charge is 0.368 e. The number of piperazine rings is 1. The highest BCUT2D eigenvalue weighted by atomic mass is 35.5. The second-order valence-electron chi connectivity index (χ2n) is 8.21. The zero-order chi connectivity index (χ0) is 23.9. The van der Waals surface area contributed by atoms with Gasteiger partial charge in [-0.3, -0.25) is 9.59 Å². The lowest BCUT2D eigenvalue weighted by Crippen LogP contribution is -2.49. The summed E-state index contributed by atoms with van der Waals surface area (Å²) in [6.45, 7) is 2.15. The maximum Gasteiger partial charge on any atom is 0.259 e. The molecule has 4 rings (SSSR count). The Morgan fingerprint density at radius 2 is 1.73 bits per heavy atom. The molecule has 10 heteroatoms. The van der Waals surface area contributed by atoms with Crippen molar-refractivity contribution in [1.29, 1.82) is 0 Å². The molecule has 174 valence electrons. The Morgan fingerprint density at radius 1 is 1.03 bits per heavy atom. The van der Waals surface area contributed by atoms with Gasteiger partial charge in [0.05, 0.1) is 10.4 Å². The number of carbonyl (C=O) groups excluding carboxylic acids is 1. The van der Waals surface area contributed by atoms with E-state index in [9.17, 15) is 18.0 Å². The molecule has 8 nitrogen and oxygen atoms in total. The number of carbonyl (C=O) groups is 1. The maximum atomic E-state index is 13.3. The van der Waals surface area contributed by atoms with Gasteiger partial charge in [-0.1, -0.05) is 17.7 Å². The van der Waals surface area contributed by atoms with Gasteiger partial charge in [0.2, 0.25) is 15.5 Å². The minimum atomic E-state index is -3.71. The highest BCUT2D eigenvalue weighted by Crippen LogP contribution is 2.22. The minimum Gasteiger partial charge on any atom is -0.368 e. The minimum absolute atomic E-state index is 0.0110. The van der Waals surface area contributed by atoms with Crippen LogP contribution in [0, 0.1) is 0 Å². The zero-order valence-electron chi connectivity index (χ0n) is 18.7. The van der Waals surface area contributed by atoms with Crippen LogP contribution in [0.3, 0.4) is 0 Å². The summed E-state index contributed by atoms with van der Waals surface area (Å²) in [6.07, 6.45) is 1.52. The van der Waals surface area contributed by atoms with E-state index in [2.05, 4.69) is 4.90 Å². The van der Waals surface area contributed by atoms with Crippen LogP contribution in [0.5, 0.6) is 0 Å². The smallest absolute Gasteiger partial charge is 0.259 e. The van der Waals surface area contributed by atoms with Crippen LogP contribution in [0.2, 0.25) is 5.02 Å². The first-order valence-electron chi connectivity index (χ1n) is 10.5. The molecule has 0 aliphatic carbocycles. The average Bonchev–Trinajstić information content (AvgIpc) is 2.80. The van der Waals surface area contributed by atoms with Gasteiger partial charge in [-0.05, 0) is 36.4 Å². The Hall–Kier alpha value is -2.88. The number of nitrogens with zero attached hydrogens (tertiary/aromatic N) is 4. The van der Waals surface area contributed by atoms with Crippen molar-refractivity contribution in [2.45, 2.75) is 4.90 Å². The van der Waals surface area contributed by atoms with Crippen LogP contribution in [0.25, 0.3) is 10.9 Å². The van der Waals surface area contributed by atoms with Gasteiger partial charge < -0.3 is 14.4 Å². The van der Waals surface area contributed by atoms with Gasteiger partial charge in [0.25, 0.3) is 5.91 Å². The summed E-state index contributed by atoms with van der Waals surface area (Å²) < 4.78 is 27.8. The highest BCUT2D eigenvalue weighted by Gasteiger charge is 2.26. The molecule has 3 aromatic rings. The maximum absolute atomic E-state index is 13.3. The van der Waals surface area contributed by atoms with Gasteiger partial charge in [0.1, 0.15) is 5.56 Å². The molecule has 2 heterocycles. The summed E-state index contributed by atoms with van der Waals surface area (Å²) in [5.41, 5.74) is 1.10. The third-order valence-electron chi connectivity index (χ3n) is 5.91. The fraction of sp³-hybridized carbons (Fsp3) is 0.304. The molecule has 0 radical (unpaired) electrons. The molecule has 1 saturated heterocycles. The Balaban J connectivity index is 1.63. The summed E-state index contributed by atoms with van der Waals surface area (Å²) in [6, 6.07) is 12.0. The first-order chi connectivity index (χ1) is 15.6. The van der Waals surface area contributed by atoms with E-state index in [1.807, 2.05) is 24.3 Å². The number of sulfonamides is 1. The van der Waals surface area contributed by atoms with Crippen LogP contribution in [0.4, 0.5) is 5.69 Å². The van der Waals surface area contributed by atoms with Crippen molar-refractivity contribution in [2.24, 2.45) is 7.05 Å². The summed E-state index contributed by atoms with van der Waals surface area (Å²) in [5, 5.41) is 0.852. The van der Waals surface area contributed by atoms with E-state index < -0.39 is 15.5 Å². The normalized spacial score (nSPS) is 14.8. The molecule has 1 aromatic heterocycles. The van der Waals surface area contributed by atoms with Crippen LogP contribution < -0.4 is 10.3 Å². The number of halogens is 1. The lowest BCUT2D eigenvalue weighted by Gasteiger charge is -2.36. The molecule has 0 bridgehead atoms. The lowest BCUT2D eigenvalue weighted by atomic mass is 10.1. The number of hydrogen-bond donors (Lipinski definition) is 0. The molecular weight excluding hydrogens is 464 g/mol. The fourth-order valence-electron chi connectivity index (χ4n) is 4.01. The number of aromatic nitrogens is 1. The topological polar surface area (TPSA) is 82.9 Å². The van der Waals surface area contributed by atoms with Crippen molar-refractivity contribution in [1.82, 2.24) is 13.8 Å². The predicted molar refractivity (Wildman–Crippen MR) is 130 cm³/mol. The van der Waals surface area contributed by atoms with E-state index >= 15 is 0 Å². The zero-order valence-corrected chi connectivity index (χ0v) is 20.2. The molecular formula is C23H25ClN4O4S. The number of benzene rings is 2. The van der Waals surface area contributed by atoms with Gasteiger partial charge in [-0.15, -0.1) is 0 Å². The molecule has 1 aliphatic rings. The van der Waals surface area contributed by atoms with Crippen LogP contribution in [-0.4, -0.2) is 68.4 Å². The molecule has 2 aromatic carbocycles. The summed E-state index contributed by atoms with van der Waals surface area (Å²) in [5.74, 6) is -0.357. The van der Waals surface area contributed by atoms with E-state index in [1.165, 1.54) is 32.4 Å². The SMILES string of the molecule is CN(C)S(=O)(=O)c1ccc2c(c1)c(=O)c(C(=O)N1CCN(c3cccc(Cl)c3)CC1)cn2C. The number of hydrogen-bond acceptors (Lipinski definition) is 5. The van der Waals surface area contributed by atoms with E-state index in [4.69, 9.17) is 11.6 Å². The fourth-order valence-corrected chi connectivity index (χ4v) is 5.12. The molecule has 1 amide bonds. The molecule has 0 spiro atoms. The molecule has 1 fully saturated rings. The predicted octanol–water partition coefficient (Wildman–Crippen LogP) is 2.40. The lowest BCUT2D eigenvalue weighted by molar-refractivity contribution is 0.0745. The second-order valence-corrected chi connectivity index (χ2v) is 10.8. The first kappa shape index (κ1) is 23.3. The molecule has 0 N–H and O–H groups in total. The van der Waals surface area contributed by atoms with Crippen molar-refractivity contribution >= 4 is 44.1 Å². The van der Waals surface area contributed by atoms with E-state index in [1.54, 1.807) is 22.6 Å². The Morgan fingerprint density at radius 3 is 2.36 bits per heavy atom. The van der Waals surface area contributed by atoms with Crippen LogP contribution >= 0.6 is 11.6 Å². The first-order valence-corrected chi connectivity index (χ1v) is 12.3.